The molecule has 1 unspecified atom stereocenters. The lowest BCUT2D eigenvalue weighted by Gasteiger charge is -2.15. The maximum Gasteiger partial charge on any atom is 0.469 e. The highest BCUT2D eigenvalue weighted by Gasteiger charge is 2.44. The summed E-state index contributed by atoms with van der Waals surface area (Å²) in [6.45, 7) is -0.955. The number of hydrogen-bond donors (Lipinski definition) is 6. The Balaban J connectivity index is 2.53. The highest BCUT2D eigenvalue weighted by atomic mass is 31.2. The Kier molecular flexibility index (Phi) is 5.20. The molecule has 7 N–H and O–H groups in total. The number of rotatable bonds is 5. The van der Waals surface area contributed by atoms with Crippen molar-refractivity contribution in [1.29, 1.82) is 0 Å². The maximum absolute atomic E-state index is 11.0. The van der Waals surface area contributed by atoms with Crippen molar-refractivity contribution in [2.24, 2.45) is 5.73 Å². The fraction of sp³-hybridized carbons (Fsp3) is 0.857. The molecule has 4 atom stereocenters. The molecule has 0 aromatic heterocycles. The van der Waals surface area contributed by atoms with Gasteiger partial charge < -0.3 is 35.8 Å². The Morgan fingerprint density at radius 2 is 2.00 bits per heavy atom. The molecule has 1 aliphatic rings. The number of amides is 1. The van der Waals surface area contributed by atoms with Crippen LogP contribution >= 0.6 is 7.82 Å². The van der Waals surface area contributed by atoms with Gasteiger partial charge in [-0.3, -0.25) is 9.32 Å². The second-order valence-electron chi connectivity index (χ2n) is 3.63. The van der Waals surface area contributed by atoms with Crippen LogP contribution in [0, 0.1) is 0 Å². The zero-order valence-corrected chi connectivity index (χ0v) is 10.1. The van der Waals surface area contributed by atoms with E-state index in [1.165, 1.54) is 0 Å². The third-order valence-corrected chi connectivity index (χ3v) is 2.74. The van der Waals surface area contributed by atoms with Gasteiger partial charge in [0.05, 0.1) is 13.2 Å². The molecule has 1 amide bonds. The predicted molar refractivity (Wildman–Crippen MR) is 55.9 cm³/mol. The molecule has 11 heteroatoms. The molecule has 0 aromatic carbocycles. The lowest BCUT2D eigenvalue weighted by atomic mass is 10.1. The van der Waals surface area contributed by atoms with Gasteiger partial charge in [0.1, 0.15) is 18.3 Å². The van der Waals surface area contributed by atoms with E-state index in [1.54, 1.807) is 0 Å². The quantitative estimate of drug-likeness (QED) is 0.282. The number of aliphatic hydroxyl groups is 2. The Morgan fingerprint density at radius 3 is 2.50 bits per heavy atom. The van der Waals surface area contributed by atoms with Crippen molar-refractivity contribution in [3.05, 3.63) is 0 Å². The van der Waals surface area contributed by atoms with Crippen molar-refractivity contribution < 1.29 is 38.6 Å². The number of hydrogen-bond acceptors (Lipinski definition) is 7. The van der Waals surface area contributed by atoms with Gasteiger partial charge in [-0.2, -0.15) is 0 Å². The molecular weight excluding hydrogens is 271 g/mol. The molecule has 0 bridgehead atoms. The van der Waals surface area contributed by atoms with Crippen LogP contribution in [-0.2, 0) is 18.6 Å². The van der Waals surface area contributed by atoms with Crippen LogP contribution in [-0.4, -0.2) is 63.6 Å². The SMILES string of the molecule is NCC(=O)NC1O[C@H](COP(=O)(O)O)[C@@H](O)[C@H]1O. The number of aliphatic hydroxyl groups excluding tert-OH is 2. The van der Waals surface area contributed by atoms with Gasteiger partial charge in [-0.15, -0.1) is 0 Å². The van der Waals surface area contributed by atoms with E-state index in [-0.39, 0.29) is 6.54 Å². The van der Waals surface area contributed by atoms with Crippen LogP contribution in [0.4, 0.5) is 0 Å². The molecule has 1 saturated heterocycles. The zero-order valence-electron chi connectivity index (χ0n) is 9.17. The number of phosphoric ester groups is 1. The van der Waals surface area contributed by atoms with Gasteiger partial charge in [0.2, 0.25) is 5.91 Å². The van der Waals surface area contributed by atoms with Crippen molar-refractivity contribution in [2.75, 3.05) is 13.2 Å². The summed E-state index contributed by atoms with van der Waals surface area (Å²) in [6, 6.07) is 0. The van der Waals surface area contributed by atoms with Crippen LogP contribution in [0.25, 0.3) is 0 Å². The van der Waals surface area contributed by atoms with E-state index >= 15 is 0 Å². The van der Waals surface area contributed by atoms with Crippen LogP contribution in [0.3, 0.4) is 0 Å². The van der Waals surface area contributed by atoms with Crippen LogP contribution in [0.1, 0.15) is 0 Å². The van der Waals surface area contributed by atoms with Gasteiger partial charge in [-0.05, 0) is 0 Å². The standard InChI is InChI=1S/C7H15N2O8P/c8-1-4(10)9-7-6(12)5(11)3(17-7)2-16-18(13,14)15/h3,5-7,11-12H,1-2,8H2,(H,9,10)(H2,13,14,15)/t3-,5-,6-,7?/m1/s1. The van der Waals surface area contributed by atoms with Gasteiger partial charge in [0.25, 0.3) is 0 Å². The second-order valence-corrected chi connectivity index (χ2v) is 4.87. The maximum atomic E-state index is 11.0. The topological polar surface area (TPSA) is 172 Å². The van der Waals surface area contributed by atoms with Gasteiger partial charge in [-0.1, -0.05) is 0 Å². The molecule has 1 heterocycles. The Hall–Kier alpha value is -0.580. The summed E-state index contributed by atoms with van der Waals surface area (Å²) in [4.78, 5) is 27.9. The average molecular weight is 286 g/mol. The molecule has 0 saturated carbocycles. The largest absolute Gasteiger partial charge is 0.469 e. The summed E-state index contributed by atoms with van der Waals surface area (Å²) >= 11 is 0. The smallest absolute Gasteiger partial charge is 0.387 e. The molecule has 10 nitrogen and oxygen atoms in total. The molecule has 1 aliphatic heterocycles. The van der Waals surface area contributed by atoms with Gasteiger partial charge in [0, 0.05) is 0 Å². The van der Waals surface area contributed by atoms with Crippen LogP contribution < -0.4 is 11.1 Å². The van der Waals surface area contributed by atoms with Crippen molar-refractivity contribution in [3.8, 4) is 0 Å². The Morgan fingerprint density at radius 1 is 1.39 bits per heavy atom. The third kappa shape index (κ3) is 4.26. The first-order valence-corrected chi connectivity index (χ1v) is 6.48. The average Bonchev–Trinajstić information content (AvgIpc) is 2.53. The number of ether oxygens (including phenoxy) is 1. The number of nitrogens with two attached hydrogens (primary N) is 1. The molecule has 1 rings (SSSR count). The van der Waals surface area contributed by atoms with E-state index in [1.807, 2.05) is 0 Å². The van der Waals surface area contributed by atoms with Crippen molar-refractivity contribution in [3.63, 3.8) is 0 Å². The van der Waals surface area contributed by atoms with Crippen LogP contribution in [0.5, 0.6) is 0 Å². The summed E-state index contributed by atoms with van der Waals surface area (Å²) in [6.07, 6.45) is -5.26. The number of carbonyl (C=O) groups is 1. The van der Waals surface area contributed by atoms with E-state index in [4.69, 9.17) is 20.3 Å². The minimum absolute atomic E-state index is 0.327. The highest BCUT2D eigenvalue weighted by Crippen LogP contribution is 2.37. The van der Waals surface area contributed by atoms with E-state index in [9.17, 15) is 19.6 Å². The molecular formula is C7H15N2O8P. The molecule has 106 valence electrons. The molecule has 1 fully saturated rings. The van der Waals surface area contributed by atoms with Crippen LogP contribution in [0.2, 0.25) is 0 Å². The normalized spacial score (nSPS) is 32.5. The summed E-state index contributed by atoms with van der Waals surface area (Å²) in [5.41, 5.74) is 5.04. The second kappa shape index (κ2) is 6.04. The molecule has 0 aromatic rings. The summed E-state index contributed by atoms with van der Waals surface area (Å²) in [7, 11) is -4.70. The molecule has 0 radical (unpaired) electrons. The number of phosphoric acid groups is 1. The summed E-state index contributed by atoms with van der Waals surface area (Å²) < 4.78 is 19.6. The van der Waals surface area contributed by atoms with E-state index in [0.29, 0.717) is 0 Å². The van der Waals surface area contributed by atoms with Gasteiger partial charge in [0.15, 0.2) is 6.23 Å². The first-order chi connectivity index (χ1) is 8.24. The summed E-state index contributed by atoms with van der Waals surface area (Å²) in [5.74, 6) is -0.609. The van der Waals surface area contributed by atoms with Crippen molar-refractivity contribution >= 4 is 13.7 Å². The minimum Gasteiger partial charge on any atom is -0.387 e. The third-order valence-electron chi connectivity index (χ3n) is 2.26. The van der Waals surface area contributed by atoms with Crippen molar-refractivity contribution in [2.45, 2.75) is 24.5 Å². The van der Waals surface area contributed by atoms with E-state index < -0.39 is 44.9 Å². The Labute approximate surface area is 102 Å². The zero-order chi connectivity index (χ0) is 13.9. The monoisotopic (exact) mass is 286 g/mol. The van der Waals surface area contributed by atoms with Gasteiger partial charge >= 0.3 is 7.82 Å². The fourth-order valence-corrected chi connectivity index (χ4v) is 1.73. The first-order valence-electron chi connectivity index (χ1n) is 4.95. The first kappa shape index (κ1) is 15.5. The molecule has 0 spiro atoms. The fourth-order valence-electron chi connectivity index (χ4n) is 1.39. The van der Waals surface area contributed by atoms with Gasteiger partial charge in [-0.25, -0.2) is 4.57 Å². The lowest BCUT2D eigenvalue weighted by Crippen LogP contribution is -2.45. The summed E-state index contributed by atoms with van der Waals surface area (Å²) in [5, 5.41) is 21.2. The molecule has 18 heavy (non-hydrogen) atoms. The molecule has 0 aliphatic carbocycles. The number of carbonyl (C=O) groups excluding carboxylic acids is 1. The van der Waals surface area contributed by atoms with Crippen molar-refractivity contribution in [1.82, 2.24) is 5.32 Å². The predicted octanol–water partition coefficient (Wildman–Crippen LogP) is -3.38. The van der Waals surface area contributed by atoms with E-state index in [0.717, 1.165) is 0 Å². The number of nitrogens with one attached hydrogen (secondary N) is 1. The Bertz CT molecular complexity index is 346. The lowest BCUT2D eigenvalue weighted by molar-refractivity contribution is -0.126. The minimum atomic E-state index is -4.70. The van der Waals surface area contributed by atoms with Crippen LogP contribution in [0.15, 0.2) is 0 Å². The van der Waals surface area contributed by atoms with E-state index in [2.05, 4.69) is 9.84 Å². The highest BCUT2D eigenvalue weighted by molar-refractivity contribution is 7.46.